The standard InChI is InChI=1S/C13H27BrN2/c1-4-12(9-14)10-15-8-7-13(11-15)16(5-2)6-3/h12-13H,4-11H2,1-3H3. The Balaban J connectivity index is 2.34. The van der Waals surface area contributed by atoms with Crippen molar-refractivity contribution in [2.75, 3.05) is 38.1 Å². The Labute approximate surface area is 109 Å². The van der Waals surface area contributed by atoms with E-state index in [1.807, 2.05) is 0 Å². The molecule has 0 saturated carbocycles. The molecule has 1 aliphatic heterocycles. The molecule has 1 rings (SSSR count). The van der Waals surface area contributed by atoms with Gasteiger partial charge in [0.2, 0.25) is 0 Å². The van der Waals surface area contributed by atoms with Crippen molar-refractivity contribution in [1.29, 1.82) is 0 Å². The Morgan fingerprint density at radius 1 is 1.31 bits per heavy atom. The van der Waals surface area contributed by atoms with E-state index in [9.17, 15) is 0 Å². The van der Waals surface area contributed by atoms with Crippen molar-refractivity contribution in [1.82, 2.24) is 9.80 Å². The number of likely N-dealkylation sites (tertiary alicyclic amines) is 1. The first-order valence-corrected chi connectivity index (χ1v) is 7.89. The molecule has 0 aliphatic carbocycles. The third kappa shape index (κ3) is 4.01. The summed E-state index contributed by atoms with van der Waals surface area (Å²) < 4.78 is 0. The third-order valence-corrected chi connectivity index (χ3v) is 4.80. The monoisotopic (exact) mass is 290 g/mol. The van der Waals surface area contributed by atoms with E-state index < -0.39 is 0 Å². The molecular formula is C13H27BrN2. The second kappa shape index (κ2) is 7.67. The topological polar surface area (TPSA) is 6.48 Å². The van der Waals surface area contributed by atoms with Gasteiger partial charge in [0.25, 0.3) is 0 Å². The molecule has 0 N–H and O–H groups in total. The van der Waals surface area contributed by atoms with Crippen LogP contribution in [0.1, 0.15) is 33.6 Å². The molecule has 0 aromatic heterocycles. The maximum Gasteiger partial charge on any atom is 0.0235 e. The second-order valence-corrected chi connectivity index (χ2v) is 5.50. The highest BCUT2D eigenvalue weighted by molar-refractivity contribution is 9.09. The molecule has 96 valence electrons. The molecule has 3 heteroatoms. The minimum Gasteiger partial charge on any atom is -0.301 e. The smallest absolute Gasteiger partial charge is 0.0235 e. The molecule has 0 bridgehead atoms. The van der Waals surface area contributed by atoms with Crippen molar-refractivity contribution in [2.24, 2.45) is 5.92 Å². The van der Waals surface area contributed by atoms with Gasteiger partial charge < -0.3 is 4.90 Å². The zero-order chi connectivity index (χ0) is 12.0. The van der Waals surface area contributed by atoms with Crippen molar-refractivity contribution in [3.05, 3.63) is 0 Å². The number of alkyl halides is 1. The minimum absolute atomic E-state index is 0.808. The SMILES string of the molecule is CCC(CBr)CN1CCC(N(CC)CC)C1. The number of hydrogen-bond donors (Lipinski definition) is 0. The van der Waals surface area contributed by atoms with Gasteiger partial charge in [0.05, 0.1) is 0 Å². The van der Waals surface area contributed by atoms with Gasteiger partial charge in [0.15, 0.2) is 0 Å². The van der Waals surface area contributed by atoms with Crippen molar-refractivity contribution >= 4 is 15.9 Å². The lowest BCUT2D eigenvalue weighted by Crippen LogP contribution is -2.38. The summed E-state index contributed by atoms with van der Waals surface area (Å²) in [6.07, 6.45) is 2.65. The number of hydrogen-bond acceptors (Lipinski definition) is 2. The largest absolute Gasteiger partial charge is 0.301 e. The Hall–Kier alpha value is 0.400. The van der Waals surface area contributed by atoms with Crippen molar-refractivity contribution in [3.63, 3.8) is 0 Å². The van der Waals surface area contributed by atoms with Gasteiger partial charge in [-0.2, -0.15) is 0 Å². The predicted octanol–water partition coefficient (Wildman–Crippen LogP) is 2.82. The fraction of sp³-hybridized carbons (Fsp3) is 1.00. The van der Waals surface area contributed by atoms with Crippen LogP contribution in [-0.4, -0.2) is 53.9 Å². The minimum atomic E-state index is 0.808. The van der Waals surface area contributed by atoms with Crippen molar-refractivity contribution in [3.8, 4) is 0 Å². The molecular weight excluding hydrogens is 264 g/mol. The average Bonchev–Trinajstić information content (AvgIpc) is 2.76. The quantitative estimate of drug-likeness (QED) is 0.666. The van der Waals surface area contributed by atoms with Crippen LogP contribution in [0.5, 0.6) is 0 Å². The molecule has 2 unspecified atom stereocenters. The van der Waals surface area contributed by atoms with Gasteiger partial charge in [0, 0.05) is 24.5 Å². The van der Waals surface area contributed by atoms with Crippen LogP contribution in [-0.2, 0) is 0 Å². The lowest BCUT2D eigenvalue weighted by Gasteiger charge is -2.27. The fourth-order valence-electron chi connectivity index (χ4n) is 2.67. The average molecular weight is 291 g/mol. The van der Waals surface area contributed by atoms with E-state index in [-0.39, 0.29) is 0 Å². The first-order chi connectivity index (χ1) is 7.74. The predicted molar refractivity (Wildman–Crippen MR) is 75.3 cm³/mol. The van der Waals surface area contributed by atoms with Crippen LogP contribution >= 0.6 is 15.9 Å². The van der Waals surface area contributed by atoms with E-state index >= 15 is 0 Å². The summed E-state index contributed by atoms with van der Waals surface area (Å²) in [6.45, 7) is 13.1. The maximum absolute atomic E-state index is 3.62. The molecule has 0 aromatic rings. The molecule has 16 heavy (non-hydrogen) atoms. The van der Waals surface area contributed by atoms with Gasteiger partial charge in [-0.1, -0.05) is 43.1 Å². The summed E-state index contributed by atoms with van der Waals surface area (Å²) in [6, 6.07) is 0.808. The second-order valence-electron chi connectivity index (χ2n) is 4.85. The van der Waals surface area contributed by atoms with E-state index in [1.165, 1.54) is 45.6 Å². The highest BCUT2D eigenvalue weighted by Crippen LogP contribution is 2.18. The summed E-state index contributed by atoms with van der Waals surface area (Å²) in [4.78, 5) is 5.26. The summed E-state index contributed by atoms with van der Waals surface area (Å²) in [5, 5.41) is 1.15. The Kier molecular flexibility index (Phi) is 6.94. The highest BCUT2D eigenvalue weighted by Gasteiger charge is 2.26. The Morgan fingerprint density at radius 3 is 2.50 bits per heavy atom. The lowest BCUT2D eigenvalue weighted by molar-refractivity contribution is 0.203. The van der Waals surface area contributed by atoms with E-state index in [2.05, 4.69) is 46.5 Å². The lowest BCUT2D eigenvalue weighted by atomic mass is 10.1. The number of likely N-dealkylation sites (N-methyl/N-ethyl adjacent to an activating group) is 1. The molecule has 0 radical (unpaired) electrons. The summed E-state index contributed by atoms with van der Waals surface area (Å²) >= 11 is 3.62. The first-order valence-electron chi connectivity index (χ1n) is 6.77. The molecule has 1 saturated heterocycles. The molecule has 2 atom stereocenters. The van der Waals surface area contributed by atoms with Crippen LogP contribution in [0, 0.1) is 5.92 Å². The van der Waals surface area contributed by atoms with Crippen LogP contribution in [0.15, 0.2) is 0 Å². The fourth-order valence-corrected chi connectivity index (χ4v) is 3.33. The molecule has 0 aromatic carbocycles. The zero-order valence-electron chi connectivity index (χ0n) is 11.1. The van der Waals surface area contributed by atoms with E-state index in [1.54, 1.807) is 0 Å². The highest BCUT2D eigenvalue weighted by atomic mass is 79.9. The normalized spacial score (nSPS) is 24.2. The number of rotatable bonds is 7. The van der Waals surface area contributed by atoms with Gasteiger partial charge in [-0.05, 0) is 32.0 Å². The maximum atomic E-state index is 3.62. The van der Waals surface area contributed by atoms with E-state index in [0.29, 0.717) is 0 Å². The summed E-state index contributed by atoms with van der Waals surface area (Å²) in [7, 11) is 0. The van der Waals surface area contributed by atoms with Crippen LogP contribution in [0.2, 0.25) is 0 Å². The molecule has 1 heterocycles. The molecule has 0 amide bonds. The van der Waals surface area contributed by atoms with Crippen LogP contribution in [0.4, 0.5) is 0 Å². The summed E-state index contributed by atoms with van der Waals surface area (Å²) in [5.74, 6) is 0.829. The van der Waals surface area contributed by atoms with E-state index in [0.717, 1.165) is 17.3 Å². The molecule has 1 aliphatic rings. The first kappa shape index (κ1) is 14.5. The van der Waals surface area contributed by atoms with Gasteiger partial charge in [-0.3, -0.25) is 4.90 Å². The van der Waals surface area contributed by atoms with Crippen LogP contribution in [0.25, 0.3) is 0 Å². The van der Waals surface area contributed by atoms with Crippen molar-refractivity contribution in [2.45, 2.75) is 39.7 Å². The summed E-state index contributed by atoms with van der Waals surface area (Å²) in [5.41, 5.74) is 0. The third-order valence-electron chi connectivity index (χ3n) is 3.89. The van der Waals surface area contributed by atoms with Gasteiger partial charge in [-0.15, -0.1) is 0 Å². The van der Waals surface area contributed by atoms with Crippen LogP contribution < -0.4 is 0 Å². The van der Waals surface area contributed by atoms with Crippen LogP contribution in [0.3, 0.4) is 0 Å². The van der Waals surface area contributed by atoms with Crippen molar-refractivity contribution < 1.29 is 0 Å². The van der Waals surface area contributed by atoms with Gasteiger partial charge >= 0.3 is 0 Å². The number of halogens is 1. The Morgan fingerprint density at radius 2 is 2.00 bits per heavy atom. The van der Waals surface area contributed by atoms with Gasteiger partial charge in [0.1, 0.15) is 0 Å². The van der Waals surface area contributed by atoms with Gasteiger partial charge in [-0.25, -0.2) is 0 Å². The molecule has 1 fully saturated rings. The molecule has 2 nitrogen and oxygen atoms in total. The van der Waals surface area contributed by atoms with E-state index in [4.69, 9.17) is 0 Å². The Bertz CT molecular complexity index is 179. The molecule has 0 spiro atoms. The zero-order valence-corrected chi connectivity index (χ0v) is 12.7. The number of nitrogens with zero attached hydrogens (tertiary/aromatic N) is 2.